The first-order chi connectivity index (χ1) is 20.5. The lowest BCUT2D eigenvalue weighted by Gasteiger charge is -2.34. The van der Waals surface area contributed by atoms with Crippen LogP contribution in [0.25, 0.3) is 0 Å². The predicted molar refractivity (Wildman–Crippen MR) is 167 cm³/mol. The van der Waals surface area contributed by atoms with E-state index < -0.39 is 40.2 Å². The first-order valence-corrected chi connectivity index (χ1v) is 15.4. The molecule has 0 heterocycles. The quantitative estimate of drug-likeness (QED) is 0.252. The predicted octanol–water partition coefficient (Wildman–Crippen LogP) is 5.33. The Balaban J connectivity index is 1.83. The third kappa shape index (κ3) is 7.48. The van der Waals surface area contributed by atoms with E-state index in [4.69, 9.17) is 0 Å². The van der Waals surface area contributed by atoms with Crippen molar-refractivity contribution in [2.24, 2.45) is 0 Å². The normalized spacial score (nSPS) is 11.9. The topological polar surface area (TPSA) is 86.8 Å². The number of aryl methyl sites for hydroxylation is 3. The number of halogens is 1. The lowest BCUT2D eigenvalue weighted by atomic mass is 10.0. The van der Waals surface area contributed by atoms with Crippen molar-refractivity contribution in [3.05, 3.63) is 131 Å². The van der Waals surface area contributed by atoms with Crippen molar-refractivity contribution in [3.8, 4) is 0 Å². The summed E-state index contributed by atoms with van der Waals surface area (Å²) in [6.45, 7) is 4.64. The molecule has 0 aliphatic rings. The van der Waals surface area contributed by atoms with E-state index >= 15 is 0 Å². The van der Waals surface area contributed by atoms with Gasteiger partial charge in [-0.2, -0.15) is 0 Å². The Kier molecular flexibility index (Phi) is 9.98. The van der Waals surface area contributed by atoms with E-state index in [1.165, 1.54) is 30.1 Å². The van der Waals surface area contributed by atoms with Crippen LogP contribution in [0.4, 0.5) is 10.1 Å². The van der Waals surface area contributed by atoms with Gasteiger partial charge in [0.25, 0.3) is 10.0 Å². The fourth-order valence-corrected chi connectivity index (χ4v) is 6.34. The SMILES string of the molecule is CNC(=O)[C@@H](Cc1ccccc1)N(Cc1ccccc1F)C(=O)CN(c1cc(C)ccc1C)S(=O)(=O)c1ccc(C)cc1. The first kappa shape index (κ1) is 31.4. The van der Waals surface area contributed by atoms with Crippen LogP contribution in [0.1, 0.15) is 27.8 Å². The Morgan fingerprint density at radius 3 is 2.12 bits per heavy atom. The second-order valence-corrected chi connectivity index (χ2v) is 12.4. The van der Waals surface area contributed by atoms with E-state index in [1.54, 1.807) is 49.4 Å². The van der Waals surface area contributed by atoms with Crippen LogP contribution in [-0.4, -0.2) is 44.8 Å². The number of carbonyl (C=O) groups is 2. The van der Waals surface area contributed by atoms with Crippen LogP contribution in [-0.2, 0) is 32.6 Å². The second-order valence-electron chi connectivity index (χ2n) is 10.5. The molecule has 0 unspecified atom stereocenters. The molecule has 7 nitrogen and oxygen atoms in total. The maximum atomic E-state index is 14.9. The number of hydrogen-bond acceptors (Lipinski definition) is 4. The van der Waals surface area contributed by atoms with Crippen LogP contribution in [0.3, 0.4) is 0 Å². The van der Waals surface area contributed by atoms with Crippen molar-refractivity contribution in [2.45, 2.75) is 44.7 Å². The molecule has 0 fully saturated rings. The summed E-state index contributed by atoms with van der Waals surface area (Å²) in [4.78, 5) is 29.0. The molecule has 4 aromatic rings. The summed E-state index contributed by atoms with van der Waals surface area (Å²) < 4.78 is 44.3. The second kappa shape index (κ2) is 13.6. The third-order valence-electron chi connectivity index (χ3n) is 7.34. The zero-order chi connectivity index (χ0) is 31.1. The van der Waals surface area contributed by atoms with Crippen molar-refractivity contribution in [3.63, 3.8) is 0 Å². The Morgan fingerprint density at radius 2 is 1.47 bits per heavy atom. The molecule has 9 heteroatoms. The average molecular weight is 602 g/mol. The van der Waals surface area contributed by atoms with Crippen molar-refractivity contribution in [2.75, 3.05) is 17.9 Å². The molecule has 0 spiro atoms. The van der Waals surface area contributed by atoms with Gasteiger partial charge < -0.3 is 10.2 Å². The van der Waals surface area contributed by atoms with E-state index in [0.717, 1.165) is 21.0 Å². The third-order valence-corrected chi connectivity index (χ3v) is 9.11. The van der Waals surface area contributed by atoms with Gasteiger partial charge in [0, 0.05) is 25.6 Å². The molecule has 224 valence electrons. The average Bonchev–Trinajstić information content (AvgIpc) is 3.00. The number of likely N-dealkylation sites (N-methyl/N-ethyl adjacent to an activating group) is 1. The molecule has 0 aliphatic carbocycles. The van der Waals surface area contributed by atoms with Gasteiger partial charge in [0.1, 0.15) is 18.4 Å². The molecule has 2 amide bonds. The maximum absolute atomic E-state index is 14.9. The van der Waals surface area contributed by atoms with Crippen molar-refractivity contribution >= 4 is 27.5 Å². The summed E-state index contributed by atoms with van der Waals surface area (Å²) >= 11 is 0. The van der Waals surface area contributed by atoms with Crippen molar-refractivity contribution in [1.82, 2.24) is 10.2 Å². The zero-order valence-electron chi connectivity index (χ0n) is 24.7. The van der Waals surface area contributed by atoms with Gasteiger partial charge in [-0.15, -0.1) is 0 Å². The van der Waals surface area contributed by atoms with Gasteiger partial charge in [0.15, 0.2) is 0 Å². The van der Waals surface area contributed by atoms with Crippen LogP contribution >= 0.6 is 0 Å². The molecule has 0 bridgehead atoms. The number of nitrogens with one attached hydrogen (secondary N) is 1. The number of carbonyl (C=O) groups excluding carboxylic acids is 2. The summed E-state index contributed by atoms with van der Waals surface area (Å²) in [5.74, 6) is -1.63. The van der Waals surface area contributed by atoms with E-state index in [1.807, 2.05) is 50.2 Å². The molecule has 4 rings (SSSR count). The van der Waals surface area contributed by atoms with E-state index in [2.05, 4.69) is 5.32 Å². The van der Waals surface area contributed by atoms with Crippen LogP contribution in [0.2, 0.25) is 0 Å². The highest BCUT2D eigenvalue weighted by Crippen LogP contribution is 2.29. The van der Waals surface area contributed by atoms with Gasteiger partial charge in [0.05, 0.1) is 10.6 Å². The van der Waals surface area contributed by atoms with Crippen molar-refractivity contribution < 1.29 is 22.4 Å². The minimum absolute atomic E-state index is 0.0274. The fraction of sp³-hybridized carbons (Fsp3) is 0.235. The molecule has 1 atom stereocenters. The number of benzene rings is 4. The summed E-state index contributed by atoms with van der Waals surface area (Å²) in [7, 11) is -2.75. The molecule has 1 N–H and O–H groups in total. The fourth-order valence-electron chi connectivity index (χ4n) is 4.87. The zero-order valence-corrected chi connectivity index (χ0v) is 25.6. The molecule has 0 saturated heterocycles. The number of amides is 2. The van der Waals surface area contributed by atoms with E-state index in [0.29, 0.717) is 11.3 Å². The van der Waals surface area contributed by atoms with Gasteiger partial charge >= 0.3 is 0 Å². The number of hydrogen-bond donors (Lipinski definition) is 1. The van der Waals surface area contributed by atoms with Gasteiger partial charge in [-0.25, -0.2) is 12.8 Å². The number of rotatable bonds is 11. The minimum atomic E-state index is -4.22. The number of anilines is 1. The summed E-state index contributed by atoms with van der Waals surface area (Å²) in [5, 5.41) is 2.63. The Labute approximate surface area is 253 Å². The molecule has 4 aromatic carbocycles. The van der Waals surface area contributed by atoms with Crippen LogP contribution in [0, 0.1) is 26.6 Å². The molecule has 0 aromatic heterocycles. The van der Waals surface area contributed by atoms with Gasteiger partial charge in [-0.05, 0) is 61.7 Å². The minimum Gasteiger partial charge on any atom is -0.357 e. The van der Waals surface area contributed by atoms with Gasteiger partial charge in [-0.3, -0.25) is 13.9 Å². The monoisotopic (exact) mass is 601 g/mol. The number of nitrogens with zero attached hydrogens (tertiary/aromatic N) is 2. The largest absolute Gasteiger partial charge is 0.357 e. The summed E-state index contributed by atoms with van der Waals surface area (Å²) in [6.07, 6.45) is 0.148. The van der Waals surface area contributed by atoms with Crippen LogP contribution < -0.4 is 9.62 Å². The highest BCUT2D eigenvalue weighted by Gasteiger charge is 2.35. The molecule has 0 aliphatic heterocycles. The molecule has 0 saturated carbocycles. The highest BCUT2D eigenvalue weighted by molar-refractivity contribution is 7.92. The first-order valence-electron chi connectivity index (χ1n) is 14.0. The van der Waals surface area contributed by atoms with Gasteiger partial charge in [0.2, 0.25) is 11.8 Å². The lowest BCUT2D eigenvalue weighted by molar-refractivity contribution is -0.139. The van der Waals surface area contributed by atoms with E-state index in [-0.39, 0.29) is 23.4 Å². The van der Waals surface area contributed by atoms with Gasteiger partial charge in [-0.1, -0.05) is 78.4 Å². The summed E-state index contributed by atoms with van der Waals surface area (Å²) in [6, 6.07) is 26.0. The standard InChI is InChI=1S/C34H36FN3O4S/c1-24-15-18-29(19-16-24)43(41,42)38(31-20-25(2)14-17-26(31)3)23-33(39)37(22-28-12-8-9-13-30(28)35)32(34(40)36-4)21-27-10-6-5-7-11-27/h5-20,32H,21-23H2,1-4H3,(H,36,40)/t32-/m1/s1. The molecule has 0 radical (unpaired) electrons. The highest BCUT2D eigenvalue weighted by atomic mass is 32.2. The van der Waals surface area contributed by atoms with E-state index in [9.17, 15) is 22.4 Å². The smallest absolute Gasteiger partial charge is 0.264 e. The van der Waals surface area contributed by atoms with Crippen molar-refractivity contribution in [1.29, 1.82) is 0 Å². The molecule has 43 heavy (non-hydrogen) atoms. The molecular weight excluding hydrogens is 565 g/mol. The molecular formula is C34H36FN3O4S. The maximum Gasteiger partial charge on any atom is 0.264 e. The Bertz CT molecular complexity index is 1690. The summed E-state index contributed by atoms with van der Waals surface area (Å²) in [5.41, 5.74) is 3.70. The van der Waals surface area contributed by atoms with Crippen LogP contribution in [0.5, 0.6) is 0 Å². The lowest BCUT2D eigenvalue weighted by Crippen LogP contribution is -2.53. The Hall–Kier alpha value is -4.50. The Morgan fingerprint density at radius 1 is 0.837 bits per heavy atom. The van der Waals surface area contributed by atoms with Crippen LogP contribution in [0.15, 0.2) is 102 Å². The number of sulfonamides is 1.